The summed E-state index contributed by atoms with van der Waals surface area (Å²) < 4.78 is 26.1. The van der Waals surface area contributed by atoms with Gasteiger partial charge in [-0.2, -0.15) is 0 Å². The number of rotatable bonds is 10. The van der Waals surface area contributed by atoms with Crippen molar-refractivity contribution in [1.82, 2.24) is 10.2 Å². The Morgan fingerprint density at radius 2 is 1.68 bits per heavy atom. The minimum atomic E-state index is -3.87. The molecule has 0 heterocycles. The second-order valence-corrected chi connectivity index (χ2v) is 11.1. The lowest BCUT2D eigenvalue weighted by Gasteiger charge is -2.32. The van der Waals surface area contributed by atoms with Crippen LogP contribution in [0.25, 0.3) is 0 Å². The maximum atomic E-state index is 13.5. The molecule has 0 saturated heterocycles. The molecule has 0 aromatic heterocycles. The highest BCUT2D eigenvalue weighted by molar-refractivity contribution is 7.92. The van der Waals surface area contributed by atoms with Crippen LogP contribution in [0.3, 0.4) is 0 Å². The van der Waals surface area contributed by atoms with Gasteiger partial charge in [0.05, 0.1) is 17.0 Å². The molecule has 0 bridgehead atoms. The average molecular weight is 529 g/mol. The van der Waals surface area contributed by atoms with Gasteiger partial charge < -0.3 is 10.2 Å². The molecule has 0 saturated carbocycles. The van der Waals surface area contributed by atoms with Crippen LogP contribution < -0.4 is 9.62 Å². The van der Waals surface area contributed by atoms with Crippen LogP contribution in [0.2, 0.25) is 10.0 Å². The summed E-state index contributed by atoms with van der Waals surface area (Å²) in [6.07, 6.45) is 1.73. The normalized spacial score (nSPS) is 13.1. The van der Waals surface area contributed by atoms with Crippen molar-refractivity contribution in [2.45, 2.75) is 52.7 Å². The third kappa shape index (κ3) is 7.61. The smallest absolute Gasteiger partial charge is 0.244 e. The van der Waals surface area contributed by atoms with E-state index in [1.54, 1.807) is 6.92 Å². The fourth-order valence-electron chi connectivity index (χ4n) is 3.22. The summed E-state index contributed by atoms with van der Waals surface area (Å²) in [5.74, 6) is -0.853. The number of halogens is 2. The Labute approximate surface area is 212 Å². The predicted molar refractivity (Wildman–Crippen MR) is 138 cm³/mol. The minimum Gasteiger partial charge on any atom is -0.352 e. The van der Waals surface area contributed by atoms with Crippen LogP contribution in [0, 0.1) is 6.92 Å². The predicted octanol–water partition coefficient (Wildman–Crippen LogP) is 4.40. The highest BCUT2D eigenvalue weighted by Crippen LogP contribution is 2.30. The summed E-state index contributed by atoms with van der Waals surface area (Å²) in [6, 6.07) is 11.0. The van der Waals surface area contributed by atoms with Gasteiger partial charge in [-0.05, 0) is 51.0 Å². The summed E-state index contributed by atoms with van der Waals surface area (Å²) >= 11 is 12.2. The highest BCUT2D eigenvalue weighted by Gasteiger charge is 2.31. The molecule has 2 rings (SSSR count). The molecule has 186 valence electrons. The lowest BCUT2D eigenvalue weighted by molar-refractivity contribution is -0.139. The van der Waals surface area contributed by atoms with Crippen molar-refractivity contribution in [2.24, 2.45) is 0 Å². The Morgan fingerprint density at radius 1 is 1.06 bits per heavy atom. The molecular weight excluding hydrogens is 497 g/mol. The fourth-order valence-corrected chi connectivity index (χ4v) is 4.64. The lowest BCUT2D eigenvalue weighted by atomic mass is 10.1. The molecule has 2 atom stereocenters. The van der Waals surface area contributed by atoms with E-state index in [0.29, 0.717) is 5.02 Å². The van der Waals surface area contributed by atoms with Crippen molar-refractivity contribution in [1.29, 1.82) is 0 Å². The van der Waals surface area contributed by atoms with Crippen molar-refractivity contribution < 1.29 is 18.0 Å². The number of sulfonamides is 1. The van der Waals surface area contributed by atoms with Crippen molar-refractivity contribution in [2.75, 3.05) is 17.1 Å². The van der Waals surface area contributed by atoms with Gasteiger partial charge in [0.25, 0.3) is 0 Å². The number of nitrogens with zero attached hydrogens (tertiary/aromatic N) is 2. The van der Waals surface area contributed by atoms with Gasteiger partial charge in [-0.3, -0.25) is 13.9 Å². The molecule has 0 fully saturated rings. The number of anilines is 1. The van der Waals surface area contributed by atoms with E-state index >= 15 is 0 Å². The third-order valence-electron chi connectivity index (χ3n) is 5.50. The number of aryl methyl sites for hydroxylation is 1. The zero-order valence-electron chi connectivity index (χ0n) is 20.0. The molecule has 10 heteroatoms. The van der Waals surface area contributed by atoms with Gasteiger partial charge in [-0.1, -0.05) is 60.0 Å². The summed E-state index contributed by atoms with van der Waals surface area (Å²) in [6.45, 7) is 7.03. The van der Waals surface area contributed by atoms with Crippen molar-refractivity contribution >= 4 is 50.7 Å². The summed E-state index contributed by atoms with van der Waals surface area (Å²) in [5, 5.41) is 3.32. The number of amides is 2. The van der Waals surface area contributed by atoms with Crippen molar-refractivity contribution in [3.63, 3.8) is 0 Å². The zero-order chi connectivity index (χ0) is 25.6. The molecule has 0 radical (unpaired) electrons. The van der Waals surface area contributed by atoms with Crippen LogP contribution >= 0.6 is 23.2 Å². The SMILES string of the molecule is CCC(C)NC(=O)C(C)N(Cc1ccc(C)cc1)C(=O)CN(c1ccc(Cl)cc1Cl)S(C)(=O)=O. The van der Waals surface area contributed by atoms with Crippen LogP contribution in [0.15, 0.2) is 42.5 Å². The first-order chi connectivity index (χ1) is 15.8. The van der Waals surface area contributed by atoms with Gasteiger partial charge in [-0.15, -0.1) is 0 Å². The molecule has 0 aliphatic carbocycles. The Balaban J connectivity index is 2.41. The molecule has 2 aromatic rings. The van der Waals surface area contributed by atoms with Crippen LogP contribution in [0.5, 0.6) is 0 Å². The number of nitrogens with one attached hydrogen (secondary N) is 1. The third-order valence-corrected chi connectivity index (χ3v) is 7.16. The average Bonchev–Trinajstić information content (AvgIpc) is 2.76. The van der Waals surface area contributed by atoms with E-state index in [0.717, 1.165) is 28.1 Å². The molecule has 2 unspecified atom stereocenters. The second-order valence-electron chi connectivity index (χ2n) is 8.37. The maximum absolute atomic E-state index is 13.5. The quantitative estimate of drug-likeness (QED) is 0.495. The van der Waals surface area contributed by atoms with E-state index < -0.39 is 28.5 Å². The first-order valence-electron chi connectivity index (χ1n) is 10.9. The van der Waals surface area contributed by atoms with E-state index in [2.05, 4.69) is 5.32 Å². The van der Waals surface area contributed by atoms with Gasteiger partial charge in [0, 0.05) is 17.6 Å². The Hall–Kier alpha value is -2.29. The highest BCUT2D eigenvalue weighted by atomic mass is 35.5. The molecular formula is C24H31Cl2N3O4S. The first kappa shape index (κ1) is 28.0. The molecule has 2 aromatic carbocycles. The van der Waals surface area contributed by atoms with Gasteiger partial charge >= 0.3 is 0 Å². The van der Waals surface area contributed by atoms with E-state index in [9.17, 15) is 18.0 Å². The standard InChI is InChI=1S/C24H31Cl2N3O4S/c1-6-17(3)27-24(31)18(4)28(14-19-9-7-16(2)8-10-19)23(30)15-29(34(5,32)33)22-12-11-20(25)13-21(22)26/h7-13,17-18H,6,14-15H2,1-5H3,(H,27,31). The number of hydrogen-bond donors (Lipinski definition) is 1. The minimum absolute atomic E-state index is 0.0633. The van der Waals surface area contributed by atoms with E-state index in [4.69, 9.17) is 23.2 Å². The van der Waals surface area contributed by atoms with Crippen molar-refractivity contribution in [3.8, 4) is 0 Å². The first-order valence-corrected chi connectivity index (χ1v) is 13.5. The van der Waals surface area contributed by atoms with Gasteiger partial charge in [0.2, 0.25) is 21.8 Å². The number of hydrogen-bond acceptors (Lipinski definition) is 4. The topological polar surface area (TPSA) is 86.8 Å². The van der Waals surface area contributed by atoms with Crippen LogP contribution in [-0.2, 0) is 26.2 Å². The molecule has 1 N–H and O–H groups in total. The molecule has 2 amide bonds. The summed E-state index contributed by atoms with van der Waals surface area (Å²) in [5.41, 5.74) is 2.01. The number of benzene rings is 2. The zero-order valence-corrected chi connectivity index (χ0v) is 22.3. The van der Waals surface area contributed by atoms with Crippen LogP contribution in [0.4, 0.5) is 5.69 Å². The fraction of sp³-hybridized carbons (Fsp3) is 0.417. The van der Waals surface area contributed by atoms with Crippen LogP contribution in [0.1, 0.15) is 38.3 Å². The summed E-state index contributed by atoms with van der Waals surface area (Å²) in [7, 11) is -3.87. The second kappa shape index (κ2) is 11.9. The van der Waals surface area contributed by atoms with Gasteiger partial charge in [0.1, 0.15) is 12.6 Å². The van der Waals surface area contributed by atoms with E-state index in [1.807, 2.05) is 45.0 Å². The molecule has 34 heavy (non-hydrogen) atoms. The number of carbonyl (C=O) groups is 2. The largest absolute Gasteiger partial charge is 0.352 e. The Bertz CT molecular complexity index is 1120. The monoisotopic (exact) mass is 527 g/mol. The molecule has 0 aliphatic rings. The van der Waals surface area contributed by atoms with Gasteiger partial charge in [0.15, 0.2) is 0 Å². The Kier molecular flexibility index (Phi) is 9.79. The van der Waals surface area contributed by atoms with Gasteiger partial charge in [-0.25, -0.2) is 8.42 Å². The van der Waals surface area contributed by atoms with Crippen molar-refractivity contribution in [3.05, 3.63) is 63.6 Å². The molecule has 0 aliphatic heterocycles. The molecule has 7 nitrogen and oxygen atoms in total. The number of carbonyl (C=O) groups excluding carboxylic acids is 2. The summed E-state index contributed by atoms with van der Waals surface area (Å²) in [4.78, 5) is 27.7. The van der Waals surface area contributed by atoms with Crippen LogP contribution in [-0.4, -0.2) is 50.0 Å². The lowest BCUT2D eigenvalue weighted by Crippen LogP contribution is -2.52. The van der Waals surface area contributed by atoms with E-state index in [1.165, 1.54) is 23.1 Å². The Morgan fingerprint density at radius 3 is 2.21 bits per heavy atom. The molecule has 0 spiro atoms. The maximum Gasteiger partial charge on any atom is 0.244 e. The van der Waals surface area contributed by atoms with E-state index in [-0.39, 0.29) is 29.2 Å².